The fourth-order valence-corrected chi connectivity index (χ4v) is 2.09. The van der Waals surface area contributed by atoms with Gasteiger partial charge in [-0.2, -0.15) is 0 Å². The Balaban J connectivity index is 1.98. The number of benzene rings is 1. The first-order valence-corrected chi connectivity index (χ1v) is 7.05. The largest absolute Gasteiger partial charge is 0.441 e. The van der Waals surface area contributed by atoms with E-state index >= 15 is 0 Å². The lowest BCUT2D eigenvalue weighted by molar-refractivity contribution is 0.483. The van der Waals surface area contributed by atoms with Gasteiger partial charge in [0, 0.05) is 18.5 Å². The Morgan fingerprint density at radius 2 is 2.20 bits per heavy atom. The molecule has 0 aliphatic heterocycles. The van der Waals surface area contributed by atoms with E-state index in [-0.39, 0.29) is 5.82 Å². The quantitative estimate of drug-likeness (QED) is 0.821. The molecule has 20 heavy (non-hydrogen) atoms. The zero-order valence-electron chi connectivity index (χ0n) is 11.6. The molecule has 1 aromatic heterocycles. The summed E-state index contributed by atoms with van der Waals surface area (Å²) >= 11 is 5.99. The smallest absolute Gasteiger partial charge is 0.196 e. The molecular weight excluding hydrogens is 279 g/mol. The van der Waals surface area contributed by atoms with Crippen molar-refractivity contribution in [1.29, 1.82) is 0 Å². The Kier molecular flexibility index (Phi) is 5.15. The summed E-state index contributed by atoms with van der Waals surface area (Å²) < 4.78 is 18.6. The fourth-order valence-electron chi connectivity index (χ4n) is 1.83. The second-order valence-corrected chi connectivity index (χ2v) is 5.50. The number of nitrogens with zero attached hydrogens (tertiary/aromatic N) is 1. The molecule has 2 aromatic rings. The molecular formula is C15H18ClFN2O. The van der Waals surface area contributed by atoms with E-state index in [0.717, 1.165) is 13.1 Å². The van der Waals surface area contributed by atoms with Crippen LogP contribution >= 0.6 is 11.6 Å². The van der Waals surface area contributed by atoms with Gasteiger partial charge in [-0.25, -0.2) is 9.37 Å². The highest BCUT2D eigenvalue weighted by atomic mass is 35.5. The van der Waals surface area contributed by atoms with Gasteiger partial charge in [-0.15, -0.1) is 0 Å². The monoisotopic (exact) mass is 296 g/mol. The molecule has 5 heteroatoms. The van der Waals surface area contributed by atoms with Crippen molar-refractivity contribution in [2.75, 3.05) is 13.1 Å². The number of rotatable bonds is 6. The van der Waals surface area contributed by atoms with Crippen LogP contribution in [0.15, 0.2) is 28.8 Å². The molecule has 0 fully saturated rings. The Morgan fingerprint density at radius 1 is 1.40 bits per heavy atom. The molecule has 2 rings (SSSR count). The van der Waals surface area contributed by atoms with Gasteiger partial charge in [0.15, 0.2) is 11.7 Å². The van der Waals surface area contributed by atoms with Gasteiger partial charge in [-0.1, -0.05) is 25.4 Å². The molecule has 0 radical (unpaired) electrons. The zero-order chi connectivity index (χ0) is 14.5. The molecule has 0 saturated carbocycles. The van der Waals surface area contributed by atoms with Crippen molar-refractivity contribution in [1.82, 2.24) is 10.3 Å². The van der Waals surface area contributed by atoms with Crippen LogP contribution in [0.25, 0.3) is 11.3 Å². The number of halogens is 2. The van der Waals surface area contributed by atoms with Crippen molar-refractivity contribution in [2.45, 2.75) is 20.3 Å². The summed E-state index contributed by atoms with van der Waals surface area (Å²) in [6.45, 7) is 6.10. The predicted molar refractivity (Wildman–Crippen MR) is 78.3 cm³/mol. The van der Waals surface area contributed by atoms with E-state index in [2.05, 4.69) is 24.1 Å². The topological polar surface area (TPSA) is 38.1 Å². The molecule has 1 N–H and O–H groups in total. The molecule has 108 valence electrons. The minimum absolute atomic E-state index is 0.325. The highest BCUT2D eigenvalue weighted by molar-refractivity contribution is 6.33. The fraction of sp³-hybridized carbons (Fsp3) is 0.400. The molecule has 0 unspecified atom stereocenters. The van der Waals surface area contributed by atoms with Gasteiger partial charge in [0.1, 0.15) is 5.82 Å². The first-order valence-electron chi connectivity index (χ1n) is 6.67. The molecule has 3 nitrogen and oxygen atoms in total. The lowest BCUT2D eigenvalue weighted by Crippen LogP contribution is -2.22. The zero-order valence-corrected chi connectivity index (χ0v) is 12.4. The first kappa shape index (κ1) is 15.0. The van der Waals surface area contributed by atoms with Crippen LogP contribution in [0.4, 0.5) is 4.39 Å². The van der Waals surface area contributed by atoms with Gasteiger partial charge in [0.25, 0.3) is 0 Å². The van der Waals surface area contributed by atoms with Crippen LogP contribution in [0.3, 0.4) is 0 Å². The number of oxazole rings is 1. The maximum absolute atomic E-state index is 13.0. The summed E-state index contributed by atoms with van der Waals surface area (Å²) in [5.74, 6) is 1.47. The standard InChI is InChI=1S/C15H18ClFN2O/c1-10(2)8-18-6-5-15-19-9-14(20-15)12-4-3-11(17)7-13(12)16/h3-4,7,9-10,18H,5-6,8H2,1-2H3. The molecule has 1 aromatic carbocycles. The van der Waals surface area contributed by atoms with Gasteiger partial charge < -0.3 is 9.73 Å². The summed E-state index contributed by atoms with van der Waals surface area (Å²) in [6, 6.07) is 4.22. The predicted octanol–water partition coefficient (Wildman–Crippen LogP) is 3.92. The van der Waals surface area contributed by atoms with Gasteiger partial charge in [0.2, 0.25) is 0 Å². The molecule has 0 amide bonds. The molecule has 0 atom stereocenters. The van der Waals surface area contributed by atoms with Crippen molar-refractivity contribution in [3.8, 4) is 11.3 Å². The van der Waals surface area contributed by atoms with Gasteiger partial charge in [-0.3, -0.25) is 0 Å². The van der Waals surface area contributed by atoms with E-state index in [9.17, 15) is 4.39 Å². The first-order chi connectivity index (χ1) is 9.56. The normalized spacial score (nSPS) is 11.2. The number of nitrogens with one attached hydrogen (secondary N) is 1. The third kappa shape index (κ3) is 4.05. The summed E-state index contributed by atoms with van der Waals surface area (Å²) in [7, 11) is 0. The highest BCUT2D eigenvalue weighted by Gasteiger charge is 2.10. The molecule has 0 spiro atoms. The van der Waals surface area contributed by atoms with Crippen LogP contribution in [0.2, 0.25) is 5.02 Å². The molecule has 1 heterocycles. The van der Waals surface area contributed by atoms with E-state index in [4.69, 9.17) is 16.0 Å². The summed E-state index contributed by atoms with van der Waals surface area (Å²) in [5, 5.41) is 3.65. The molecule has 0 aliphatic carbocycles. The minimum atomic E-state index is -0.364. The third-order valence-electron chi connectivity index (χ3n) is 2.82. The SMILES string of the molecule is CC(C)CNCCc1ncc(-c2ccc(F)cc2Cl)o1. The van der Waals surface area contributed by atoms with E-state index in [1.54, 1.807) is 12.3 Å². The third-order valence-corrected chi connectivity index (χ3v) is 3.13. The Morgan fingerprint density at radius 3 is 2.90 bits per heavy atom. The van der Waals surface area contributed by atoms with Gasteiger partial charge in [0.05, 0.1) is 11.2 Å². The van der Waals surface area contributed by atoms with Gasteiger partial charge in [-0.05, 0) is 30.7 Å². The van der Waals surface area contributed by atoms with Crippen LogP contribution in [-0.4, -0.2) is 18.1 Å². The molecule has 0 saturated heterocycles. The summed E-state index contributed by atoms with van der Waals surface area (Å²) in [5.41, 5.74) is 0.655. The average Bonchev–Trinajstić information content (AvgIpc) is 2.83. The average molecular weight is 297 g/mol. The Hall–Kier alpha value is -1.39. The van der Waals surface area contributed by atoms with Crippen molar-refractivity contribution in [3.05, 3.63) is 41.1 Å². The molecule has 0 aliphatic rings. The van der Waals surface area contributed by atoms with E-state index in [1.165, 1.54) is 12.1 Å². The van der Waals surface area contributed by atoms with Crippen molar-refractivity contribution in [3.63, 3.8) is 0 Å². The van der Waals surface area contributed by atoms with E-state index < -0.39 is 0 Å². The molecule has 0 bridgehead atoms. The highest BCUT2D eigenvalue weighted by Crippen LogP contribution is 2.28. The van der Waals surface area contributed by atoms with Crippen molar-refractivity contribution < 1.29 is 8.81 Å². The number of aromatic nitrogens is 1. The van der Waals surface area contributed by atoms with Gasteiger partial charge >= 0.3 is 0 Å². The van der Waals surface area contributed by atoms with Crippen LogP contribution in [-0.2, 0) is 6.42 Å². The maximum atomic E-state index is 13.0. The van der Waals surface area contributed by atoms with Crippen molar-refractivity contribution >= 4 is 11.6 Å². The van der Waals surface area contributed by atoms with E-state index in [0.29, 0.717) is 34.6 Å². The Bertz CT molecular complexity index is 569. The van der Waals surface area contributed by atoms with Crippen LogP contribution in [0.5, 0.6) is 0 Å². The summed E-state index contributed by atoms with van der Waals surface area (Å²) in [6.07, 6.45) is 2.34. The summed E-state index contributed by atoms with van der Waals surface area (Å²) in [4.78, 5) is 4.21. The lowest BCUT2D eigenvalue weighted by atomic mass is 10.2. The van der Waals surface area contributed by atoms with Crippen LogP contribution in [0.1, 0.15) is 19.7 Å². The maximum Gasteiger partial charge on any atom is 0.196 e. The number of hydrogen-bond donors (Lipinski definition) is 1. The second kappa shape index (κ2) is 6.86. The number of hydrogen-bond acceptors (Lipinski definition) is 3. The second-order valence-electron chi connectivity index (χ2n) is 5.09. The van der Waals surface area contributed by atoms with Crippen LogP contribution in [0, 0.1) is 11.7 Å². The van der Waals surface area contributed by atoms with E-state index in [1.807, 2.05) is 0 Å². The Labute approximate surface area is 123 Å². The lowest BCUT2D eigenvalue weighted by Gasteiger charge is -2.05. The minimum Gasteiger partial charge on any atom is -0.441 e. The van der Waals surface area contributed by atoms with Crippen molar-refractivity contribution in [2.24, 2.45) is 5.92 Å². The van der Waals surface area contributed by atoms with Crippen LogP contribution < -0.4 is 5.32 Å².